The molecule has 102 heavy (non-hydrogen) atoms. The fourth-order valence-electron chi connectivity index (χ4n) is 36.1. The Hall–Kier alpha value is -5.33. The van der Waals surface area contributed by atoms with Crippen LogP contribution in [0.5, 0.6) is 0 Å². The van der Waals surface area contributed by atoms with E-state index in [1.807, 2.05) is 6.07 Å². The molecule has 1 aromatic carbocycles. The second kappa shape index (κ2) is 19.3. The van der Waals surface area contributed by atoms with Crippen molar-refractivity contribution < 1.29 is 53.1 Å². The Morgan fingerprint density at radius 1 is 0.843 bits per heavy atom. The van der Waals surface area contributed by atoms with Crippen molar-refractivity contribution in [3.05, 3.63) is 132 Å². The van der Waals surface area contributed by atoms with Gasteiger partial charge in [-0.05, 0) is 245 Å². The molecule has 13 heteroatoms. The highest BCUT2D eigenvalue weighted by Gasteiger charge is 3.05. The number of aliphatic hydroxyl groups excluding tert-OH is 3. The number of ketones is 1. The van der Waals surface area contributed by atoms with Crippen LogP contribution in [0.1, 0.15) is 152 Å². The number of hydrogen-bond donors (Lipinski definition) is 4. The van der Waals surface area contributed by atoms with Crippen molar-refractivity contribution in [3.8, 4) is 11.8 Å². The minimum Gasteiger partial charge on any atom is -0.469 e. The van der Waals surface area contributed by atoms with Crippen LogP contribution in [-0.2, 0) is 51.8 Å². The lowest BCUT2D eigenvalue weighted by molar-refractivity contribution is -0.323. The van der Waals surface area contributed by atoms with Gasteiger partial charge in [-0.15, -0.1) is 0 Å². The summed E-state index contributed by atoms with van der Waals surface area (Å²) >= 11 is 0. The number of aliphatic hydroxyl groups is 3. The number of cyclic esters (lactones) is 1. The van der Waals surface area contributed by atoms with Gasteiger partial charge in [0, 0.05) is 64.0 Å². The van der Waals surface area contributed by atoms with E-state index >= 15 is 19.5 Å². The van der Waals surface area contributed by atoms with E-state index in [0.717, 1.165) is 115 Å². The van der Waals surface area contributed by atoms with Gasteiger partial charge >= 0.3 is 11.9 Å². The van der Waals surface area contributed by atoms with Crippen molar-refractivity contribution in [2.24, 2.45) is 156 Å². The first kappa shape index (κ1) is 60.8. The van der Waals surface area contributed by atoms with Crippen LogP contribution >= 0.6 is 0 Å². The molecule has 23 aliphatic rings. The highest BCUT2D eigenvalue weighted by molar-refractivity contribution is 5.96. The third-order valence-electron chi connectivity index (χ3n) is 38.0. The van der Waals surface area contributed by atoms with Gasteiger partial charge in [0.05, 0.1) is 49.0 Å². The van der Waals surface area contributed by atoms with Gasteiger partial charge in [0.1, 0.15) is 35.1 Å². The number of nitrogens with zero attached hydrogens (tertiary/aromatic N) is 1. The normalized spacial score (nSPS) is 57.0. The summed E-state index contributed by atoms with van der Waals surface area (Å²) in [5.41, 5.74) is -7.29. The summed E-state index contributed by atoms with van der Waals surface area (Å²) in [6.45, 7) is 3.82. The lowest BCUT2D eigenvalue weighted by atomic mass is 9.27. The van der Waals surface area contributed by atoms with Crippen LogP contribution < -0.4 is 5.32 Å². The van der Waals surface area contributed by atoms with Crippen molar-refractivity contribution in [1.29, 1.82) is 0 Å². The van der Waals surface area contributed by atoms with Gasteiger partial charge in [-0.2, -0.15) is 0 Å². The molecule has 25 rings (SSSR count). The first-order chi connectivity index (χ1) is 49.7. The number of furan rings is 1. The van der Waals surface area contributed by atoms with Crippen LogP contribution in [-0.4, -0.2) is 106 Å². The van der Waals surface area contributed by atoms with E-state index < -0.39 is 98.1 Å². The SMILES string of the molecule is CC12CC3C4C56COC(=O)C78C=CC9CC(CC%10=CC%11C%12%13C=CC%14CCCC%14C%12CC=C%12C=CC(CC%12%13)C%11(OC%1057)C6C(=O)C(O)C45C4CC(Cc6ccccc6)CCC4C#CCC1(c1ccoc1CC(C(O)CO)C1CCC4C(C=CN6CNCC46)C1)OC(=O)C1OC152)C81C3CCC2CCCC921. The van der Waals surface area contributed by atoms with Crippen molar-refractivity contribution >= 4 is 17.7 Å². The number of esters is 2. The van der Waals surface area contributed by atoms with E-state index in [1.54, 1.807) is 6.26 Å². The van der Waals surface area contributed by atoms with Gasteiger partial charge in [-0.1, -0.05) is 117 Å². The van der Waals surface area contributed by atoms with Crippen LogP contribution in [0.15, 0.2) is 119 Å². The topological polar surface area (TPSA) is 181 Å². The molecule has 16 aliphatic carbocycles. The fraction of sp³-hybridized carbons (Fsp3) is 0.697. The summed E-state index contributed by atoms with van der Waals surface area (Å²) in [4.78, 5) is 55.9. The maximum absolute atomic E-state index is 19.0. The van der Waals surface area contributed by atoms with Gasteiger partial charge in [0.25, 0.3) is 0 Å². The number of Topliss-reactive ketones (excluding diaryl/α,β-unsaturated/α-hetero) is 1. The predicted octanol–water partition coefficient (Wildman–Crippen LogP) is 11.9. The maximum atomic E-state index is 19.0. The number of benzene rings is 1. The molecule has 532 valence electrons. The molecule has 8 heterocycles. The van der Waals surface area contributed by atoms with Gasteiger partial charge in [0.15, 0.2) is 17.5 Å². The van der Waals surface area contributed by atoms with Crippen molar-refractivity contribution in [2.75, 3.05) is 26.4 Å². The molecule has 2 aromatic rings. The Morgan fingerprint density at radius 2 is 1.75 bits per heavy atom. The van der Waals surface area contributed by atoms with Gasteiger partial charge in [-0.25, -0.2) is 4.79 Å². The number of rotatable bonds is 8. The lowest BCUT2D eigenvalue weighted by Gasteiger charge is -2.75. The largest absolute Gasteiger partial charge is 0.469 e. The molecule has 5 saturated heterocycles. The quantitative estimate of drug-likeness (QED) is 0.0849. The first-order valence-electron chi connectivity index (χ1n) is 41.2. The minimum atomic E-state index is -1.62. The summed E-state index contributed by atoms with van der Waals surface area (Å²) in [6, 6.07) is 13.4. The summed E-state index contributed by atoms with van der Waals surface area (Å²) < 4.78 is 40.1. The Kier molecular flexibility index (Phi) is 11.5. The summed E-state index contributed by atoms with van der Waals surface area (Å²) in [6.07, 6.45) is 42.9. The second-order valence-electron chi connectivity index (χ2n) is 39.2. The number of allylic oxidation sites excluding steroid dienone is 7. The molecule has 16 fully saturated rings. The zero-order valence-electron chi connectivity index (χ0n) is 59.1. The zero-order chi connectivity index (χ0) is 67.6. The number of ether oxygens (including phenoxy) is 4. The van der Waals surface area contributed by atoms with E-state index in [9.17, 15) is 14.9 Å². The van der Waals surface area contributed by atoms with Crippen LogP contribution in [0.2, 0.25) is 0 Å². The van der Waals surface area contributed by atoms with Gasteiger partial charge in [-0.3, -0.25) is 14.9 Å². The number of nitrogens with one attached hydrogen (secondary N) is 1. The lowest BCUT2D eigenvalue weighted by Crippen LogP contribution is -2.85. The smallest absolute Gasteiger partial charge is 0.339 e. The van der Waals surface area contributed by atoms with E-state index in [-0.39, 0.29) is 101 Å². The van der Waals surface area contributed by atoms with Gasteiger partial charge < -0.3 is 43.6 Å². The van der Waals surface area contributed by atoms with Crippen LogP contribution in [0.25, 0.3) is 0 Å². The van der Waals surface area contributed by atoms with Crippen LogP contribution in [0.4, 0.5) is 0 Å². The number of carbonyl (C=O) groups excluding carboxylic acids is 3. The van der Waals surface area contributed by atoms with E-state index in [2.05, 4.69) is 120 Å². The summed E-state index contributed by atoms with van der Waals surface area (Å²) in [5, 5.41) is 43.2. The standard InChI is InChI=1S/C89H100N2O11/c1-79-42-62-64-23-20-54-12-7-28-81(54)55-25-31-83-78(97)99-45-82-73(62)85(75(95)72(94)74(82)86-56-19-16-51-18-22-63-59-13-5-10-49(59)24-30-80(63,66(51)39-56)71(86)40-58(88(82,83)102-86)38-57(37-55)87(64,81)83)67-35-48(34-47-8-3-2-4-9-47)14-15-50(67)11-6-29-84(79,101-77(96)76-89(79,85)100-76)65-27-33-98-70(65)41-61(69(93)44-92)52-17-21-60-53(36-52)26-32-91-46-90-43-68(60)91/h2-4,8-9,16,18-19,24-27,30-33,40,48-50,52-57,59-64,66-69,71,73-76,90,92-93,95H,5,7,10,12-15,17,20-23,28-29,34-39,41-46H2,1H3. The van der Waals surface area contributed by atoms with Crippen molar-refractivity contribution in [1.82, 2.24) is 10.2 Å². The number of carbonyl (C=O) groups is 3. The fourth-order valence-corrected chi connectivity index (χ4v) is 36.1. The monoisotopic (exact) mass is 1370 g/mol. The number of epoxide rings is 1. The minimum absolute atomic E-state index is 0.00690. The third-order valence-corrected chi connectivity index (χ3v) is 38.0. The highest BCUT2D eigenvalue weighted by Crippen LogP contribution is 2.99. The highest BCUT2D eigenvalue weighted by atomic mass is 16.7. The summed E-state index contributed by atoms with van der Waals surface area (Å²) in [7, 11) is 0. The molecule has 35 unspecified atom stereocenters. The van der Waals surface area contributed by atoms with Gasteiger partial charge in [0.2, 0.25) is 0 Å². The van der Waals surface area contributed by atoms with E-state index in [1.165, 1.54) is 36.0 Å². The Labute approximate surface area is 598 Å². The molecule has 35 atom stereocenters. The zero-order valence-corrected chi connectivity index (χ0v) is 59.1. The van der Waals surface area contributed by atoms with E-state index in [4.69, 9.17) is 18.6 Å². The van der Waals surface area contributed by atoms with E-state index in [0.29, 0.717) is 66.6 Å². The molecule has 0 radical (unpaired) electrons. The molecule has 11 saturated carbocycles. The molecular weight excluding hydrogens is 1270 g/mol. The van der Waals surface area contributed by atoms with Crippen molar-refractivity contribution in [2.45, 2.75) is 195 Å². The molecule has 7 aliphatic heterocycles. The maximum Gasteiger partial charge on any atom is 0.339 e. The molecule has 0 amide bonds. The van der Waals surface area contributed by atoms with Crippen molar-refractivity contribution in [3.63, 3.8) is 0 Å². The first-order valence-corrected chi connectivity index (χ1v) is 41.2. The molecule has 13 nitrogen and oxygen atoms in total. The Bertz CT molecular complexity index is 4380. The third kappa shape index (κ3) is 5.98. The predicted molar refractivity (Wildman–Crippen MR) is 373 cm³/mol. The molecule has 9 spiro atoms. The number of hydrogen-bond acceptors (Lipinski definition) is 13. The average Bonchev–Trinajstić information content (AvgIpc) is 1.39. The average molecular weight is 1370 g/mol. The summed E-state index contributed by atoms with van der Waals surface area (Å²) in [5.74, 6) is 8.13. The number of fused-ring (bicyclic) bond motifs is 8. The molecular formula is C89H100N2O11. The molecule has 4 N–H and O–H groups in total. The van der Waals surface area contributed by atoms with Crippen LogP contribution in [0.3, 0.4) is 0 Å². The second-order valence-corrected chi connectivity index (χ2v) is 39.2. The Balaban J connectivity index is 0.763. The van der Waals surface area contributed by atoms with Crippen LogP contribution in [0, 0.1) is 168 Å². The Morgan fingerprint density at radius 3 is 2.66 bits per heavy atom. The molecule has 1 aromatic heterocycles. The molecule has 12 bridgehead atoms.